The number of pyridine rings is 2. The molecule has 1 atom stereocenters. The van der Waals surface area contributed by atoms with E-state index in [9.17, 15) is 0 Å². The smallest absolute Gasteiger partial charge is 0.213 e. The topological polar surface area (TPSA) is 135 Å². The van der Waals surface area contributed by atoms with E-state index in [4.69, 9.17) is 33.4 Å². The van der Waals surface area contributed by atoms with Crippen molar-refractivity contribution in [2.75, 3.05) is 59.3 Å². The predicted octanol–water partition coefficient (Wildman–Crippen LogP) is 11.5. The summed E-state index contributed by atoms with van der Waals surface area (Å²) in [5.41, 5.74) is 8.37. The molecule has 0 spiro atoms. The van der Waals surface area contributed by atoms with Gasteiger partial charge in [0.25, 0.3) is 0 Å². The lowest BCUT2D eigenvalue weighted by atomic mass is 10.0. The van der Waals surface area contributed by atoms with Crippen LogP contribution in [-0.2, 0) is 35.5 Å². The van der Waals surface area contributed by atoms with Gasteiger partial charge in [0.15, 0.2) is 0 Å². The summed E-state index contributed by atoms with van der Waals surface area (Å²) < 4.78 is 36.0. The van der Waals surface area contributed by atoms with Crippen LogP contribution in [0.3, 0.4) is 0 Å². The first-order valence-corrected chi connectivity index (χ1v) is 26.3. The highest BCUT2D eigenvalue weighted by molar-refractivity contribution is 5.85. The number of nitrogens with one attached hydrogen (secondary N) is 1. The van der Waals surface area contributed by atoms with Crippen molar-refractivity contribution in [2.24, 2.45) is 10.9 Å². The van der Waals surface area contributed by atoms with E-state index in [1.54, 1.807) is 12.4 Å². The zero-order chi connectivity index (χ0) is 49.4. The average molecular weight is 980 g/mol. The van der Waals surface area contributed by atoms with Crippen molar-refractivity contribution in [2.45, 2.75) is 104 Å². The number of rotatable bonds is 8. The Morgan fingerprint density at radius 3 is 2.04 bits per heavy atom. The van der Waals surface area contributed by atoms with Crippen molar-refractivity contribution in [3.05, 3.63) is 149 Å². The molecule has 3 aromatic heterocycles. The monoisotopic (exact) mass is 980 g/mol. The number of aliphatic imine (C=N–C) groups is 1. The number of aromatic nitrogens is 4. The third-order valence-corrected chi connectivity index (χ3v) is 13.1. The number of benzene rings is 2. The molecule has 1 N–H and O–H groups in total. The Morgan fingerprint density at radius 1 is 0.681 bits per heavy atom. The zero-order valence-electron chi connectivity index (χ0n) is 42.4. The maximum Gasteiger partial charge on any atom is 0.213 e. The van der Waals surface area contributed by atoms with E-state index in [2.05, 4.69) is 78.7 Å². The van der Waals surface area contributed by atoms with Crippen LogP contribution in [0.1, 0.15) is 108 Å². The molecule has 5 aliphatic rings. The maximum atomic E-state index is 6.23. The number of likely N-dealkylation sites (tertiary alicyclic amines) is 1. The van der Waals surface area contributed by atoms with E-state index >= 15 is 0 Å². The van der Waals surface area contributed by atoms with Crippen LogP contribution in [0, 0.1) is 5.92 Å². The van der Waals surface area contributed by atoms with Crippen molar-refractivity contribution < 1.29 is 31.3 Å². The molecule has 10 rings (SSSR count). The fourth-order valence-electron chi connectivity index (χ4n) is 9.37. The molecular weight excluding hydrogens is 903 g/mol. The maximum absolute atomic E-state index is 6.23. The zero-order valence-corrected chi connectivity index (χ0v) is 42.4. The van der Waals surface area contributed by atoms with Gasteiger partial charge in [0.2, 0.25) is 11.8 Å². The van der Waals surface area contributed by atoms with Crippen LogP contribution in [0.15, 0.2) is 121 Å². The normalized spacial score (nSPS) is 19.2. The average Bonchev–Trinajstić information content (AvgIpc) is 4.15. The predicted molar refractivity (Wildman–Crippen MR) is 289 cm³/mol. The third-order valence-electron chi connectivity index (χ3n) is 13.1. The van der Waals surface area contributed by atoms with Crippen LogP contribution < -0.4 is 24.3 Å². The molecule has 13 heteroatoms. The van der Waals surface area contributed by atoms with Crippen LogP contribution in [0.4, 0.5) is 0 Å². The van der Waals surface area contributed by atoms with Crippen LogP contribution in [0.25, 0.3) is 17.0 Å². The lowest BCUT2D eigenvalue weighted by Gasteiger charge is -2.22. The Morgan fingerprint density at radius 2 is 1.32 bits per heavy atom. The highest BCUT2D eigenvalue weighted by Gasteiger charge is 2.18. The van der Waals surface area contributed by atoms with Gasteiger partial charge < -0.3 is 33.7 Å². The minimum Gasteiger partial charge on any atom is -0.493 e. The van der Waals surface area contributed by atoms with Gasteiger partial charge in [0.1, 0.15) is 30.1 Å². The first-order valence-electron chi connectivity index (χ1n) is 26.3. The second kappa shape index (κ2) is 28.6. The largest absolute Gasteiger partial charge is 0.493 e. The second-order valence-electron chi connectivity index (χ2n) is 18.4. The Hall–Kier alpha value is -6.41. The molecule has 1 saturated carbocycles. The summed E-state index contributed by atoms with van der Waals surface area (Å²) in [7, 11) is 0. The molecule has 1 unspecified atom stereocenters. The van der Waals surface area contributed by atoms with Gasteiger partial charge >= 0.3 is 0 Å². The highest BCUT2D eigenvalue weighted by Crippen LogP contribution is 2.30. The Kier molecular flexibility index (Phi) is 20.6. The van der Waals surface area contributed by atoms with Crippen molar-refractivity contribution in [1.29, 1.82) is 0 Å². The number of hydrogen-bond acceptors (Lipinski definition) is 13. The van der Waals surface area contributed by atoms with Gasteiger partial charge in [-0.25, -0.2) is 19.9 Å². The Labute approximate surface area is 429 Å². The van der Waals surface area contributed by atoms with E-state index in [1.165, 1.54) is 57.2 Å². The molecule has 12 bridgehead atoms. The summed E-state index contributed by atoms with van der Waals surface area (Å²) in [5.74, 6) is 4.63. The summed E-state index contributed by atoms with van der Waals surface area (Å²) >= 11 is 0. The molecule has 4 aliphatic heterocycles. The number of fused-ring (bicyclic) bond motifs is 14. The van der Waals surface area contributed by atoms with Crippen molar-refractivity contribution in [1.82, 2.24) is 30.2 Å². The summed E-state index contributed by atoms with van der Waals surface area (Å²) in [6.45, 7) is 12.0. The molecule has 13 nitrogen and oxygen atoms in total. The number of nitrogens with zero attached hydrogens (tertiary/aromatic N) is 6. The fraction of sp³-hybridized carbons (Fsp3) is 0.441. The van der Waals surface area contributed by atoms with Crippen LogP contribution in [0.5, 0.6) is 23.3 Å². The van der Waals surface area contributed by atoms with Crippen molar-refractivity contribution >= 4 is 11.9 Å². The molecule has 0 amide bonds. The quantitative estimate of drug-likeness (QED) is 0.148. The van der Waals surface area contributed by atoms with Gasteiger partial charge in [-0.2, -0.15) is 0 Å². The molecule has 1 saturated heterocycles. The minimum absolute atomic E-state index is 0. The van der Waals surface area contributed by atoms with Gasteiger partial charge in [-0.1, -0.05) is 76.0 Å². The molecule has 5 aromatic rings. The van der Waals surface area contributed by atoms with Gasteiger partial charge in [0.05, 0.1) is 51.9 Å². The first-order chi connectivity index (χ1) is 35.7. The molecule has 2 aromatic carbocycles. The lowest BCUT2D eigenvalue weighted by molar-refractivity contribution is 0.144. The number of ether oxygens (including phenoxy) is 6. The molecule has 2 fully saturated rings. The second-order valence-corrected chi connectivity index (χ2v) is 18.4. The van der Waals surface area contributed by atoms with Crippen molar-refractivity contribution in [3.8, 4) is 34.5 Å². The standard InChI is InChI=1S/C29H33N3O3.C28H34N4O3.C2H6.2H2/c1-4-15-33-21-25-18-23(8-9-27(25)34-17-12-22-6-2-3-7-22)19-28-30-14-11-26(32-28)24-10-13-31-29(20-24)35-16-5-1;1-4-15-33-21-24-18-22(6-7-26(24)34-17-14-32-12-2-3-13-32)19-27-29-11-9-25(31-27)23-8-10-30-28(20-23)35-16-5-1;1-2;;/h1,4,8-11,13-14,18,20,22H,2-3,5-7,12,15-17,19,21H2;1,4,6-11,18,20,27,31H,2-3,5,12-17,19,21H2;1-2H3;2*1H/b2*4-1+;;;. The molecule has 7 heterocycles. The van der Waals surface area contributed by atoms with Gasteiger partial charge in [-0.15, -0.1) is 0 Å². The third kappa shape index (κ3) is 16.3. The van der Waals surface area contributed by atoms with E-state index in [0.717, 1.165) is 101 Å². The lowest BCUT2D eigenvalue weighted by Crippen LogP contribution is -2.30. The number of hydrogen-bond donors (Lipinski definition) is 1. The molecule has 384 valence electrons. The molecular formula is C59H77N7O6. The Bertz CT molecular complexity index is 2580. The van der Waals surface area contributed by atoms with E-state index < -0.39 is 0 Å². The summed E-state index contributed by atoms with van der Waals surface area (Å²) in [4.78, 5) is 25.1. The molecule has 0 radical (unpaired) electrons. The minimum atomic E-state index is -0.0509. The van der Waals surface area contributed by atoms with Crippen molar-refractivity contribution in [3.63, 3.8) is 0 Å². The van der Waals surface area contributed by atoms with Crippen LogP contribution >= 0.6 is 0 Å². The summed E-state index contributed by atoms with van der Waals surface area (Å²) in [6.07, 6.45) is 29.5. The van der Waals surface area contributed by atoms with Crippen LogP contribution in [-0.4, -0.2) is 96.5 Å². The summed E-state index contributed by atoms with van der Waals surface area (Å²) in [5, 5.41) is 3.56. The Balaban J connectivity index is 0.000000227. The van der Waals surface area contributed by atoms with E-state index in [1.807, 2.05) is 74.8 Å². The highest BCUT2D eigenvalue weighted by atomic mass is 16.5. The molecule has 1 aliphatic carbocycles. The van der Waals surface area contributed by atoms with Gasteiger partial charge in [0, 0.05) is 87.1 Å². The van der Waals surface area contributed by atoms with Crippen LogP contribution in [0.2, 0.25) is 0 Å². The SMILES string of the molecule is C1=C/COCc2cc(ccc2OCCC2CCCC2)Cc2nccc(n2)-c2ccnc(c2)OCC/1.C1=NC2Cc3ccc(OCCN4CCCC4)c(c3)COC/C=C/CCOc3cc(ccn3)C(=C1)N2.CC.[HH].[HH]. The number of allylic oxidation sites excluding steroid dienone is 1. The summed E-state index contributed by atoms with van der Waals surface area (Å²) in [6, 6.07) is 22.5. The van der Waals surface area contributed by atoms with E-state index in [0.29, 0.717) is 64.4 Å². The first kappa shape index (κ1) is 51.9. The molecule has 72 heavy (non-hydrogen) atoms. The van der Waals surface area contributed by atoms with Gasteiger partial charge in [-0.3, -0.25) is 9.89 Å². The van der Waals surface area contributed by atoms with Gasteiger partial charge in [-0.05, 0) is 111 Å². The fourth-order valence-corrected chi connectivity index (χ4v) is 9.37. The van der Waals surface area contributed by atoms with E-state index in [-0.39, 0.29) is 9.02 Å².